The maximum atomic E-state index is 10.2. The third-order valence-electron chi connectivity index (χ3n) is 3.12. The number of aliphatic hydroxyl groups excluding tert-OH is 1. The van der Waals surface area contributed by atoms with E-state index in [1.54, 1.807) is 7.11 Å². The van der Waals surface area contributed by atoms with E-state index in [0.717, 1.165) is 23.2 Å². The summed E-state index contributed by atoms with van der Waals surface area (Å²) in [7, 11) is 1.67. The van der Waals surface area contributed by atoms with Crippen LogP contribution in [0, 0.1) is 0 Å². The van der Waals surface area contributed by atoms with Gasteiger partial charge in [0.2, 0.25) is 0 Å². The summed E-state index contributed by atoms with van der Waals surface area (Å²) in [5, 5.41) is 14.4. The van der Waals surface area contributed by atoms with Crippen molar-refractivity contribution in [3.63, 3.8) is 0 Å². The molecule has 1 heterocycles. The predicted octanol–water partition coefficient (Wildman–Crippen LogP) is 2.33. The summed E-state index contributed by atoms with van der Waals surface area (Å²) < 4.78 is 6.93. The second kappa shape index (κ2) is 6.50. The fourth-order valence-corrected chi connectivity index (χ4v) is 2.03. The van der Waals surface area contributed by atoms with Crippen molar-refractivity contribution in [3.05, 3.63) is 53.3 Å². The molecule has 4 nitrogen and oxygen atoms in total. The predicted molar refractivity (Wildman–Crippen MR) is 73.7 cm³/mol. The first kappa shape index (κ1) is 13.8. The second-order valence-electron chi connectivity index (χ2n) is 4.60. The van der Waals surface area contributed by atoms with Gasteiger partial charge in [-0.25, -0.2) is 0 Å². The largest absolute Gasteiger partial charge is 0.388 e. The number of aliphatic hydroxyl groups is 1. The molecule has 0 aliphatic heterocycles. The summed E-state index contributed by atoms with van der Waals surface area (Å²) in [5.74, 6) is 0. The molecule has 19 heavy (non-hydrogen) atoms. The maximum absolute atomic E-state index is 10.2. The number of nitrogens with zero attached hydrogens (tertiary/aromatic N) is 2. The van der Waals surface area contributed by atoms with Crippen molar-refractivity contribution >= 4 is 0 Å². The Bertz CT molecular complexity index is 505. The van der Waals surface area contributed by atoms with E-state index >= 15 is 0 Å². The van der Waals surface area contributed by atoms with Crippen LogP contribution in [0.5, 0.6) is 0 Å². The van der Waals surface area contributed by atoms with E-state index in [1.807, 2.05) is 48.3 Å². The Kier molecular flexibility index (Phi) is 4.71. The summed E-state index contributed by atoms with van der Waals surface area (Å²) >= 11 is 0. The number of hydrogen-bond donors (Lipinski definition) is 1. The number of rotatable bonds is 6. The minimum atomic E-state index is -0.494. The standard InChI is InChI=1S/C15H20N2O2/c1-3-17-10-13(9-16-17)8-15(18)14-6-4-12(5-7-14)11-19-2/h4-7,9-10,15,18H,3,8,11H2,1-2H3. The minimum absolute atomic E-state index is 0.494. The van der Waals surface area contributed by atoms with Crippen LogP contribution in [0.4, 0.5) is 0 Å². The first-order valence-corrected chi connectivity index (χ1v) is 6.50. The Labute approximate surface area is 113 Å². The molecule has 2 aromatic rings. The molecule has 0 radical (unpaired) electrons. The van der Waals surface area contributed by atoms with Crippen molar-refractivity contribution < 1.29 is 9.84 Å². The number of hydrogen-bond acceptors (Lipinski definition) is 3. The number of methoxy groups -OCH3 is 1. The van der Waals surface area contributed by atoms with Gasteiger partial charge in [-0.05, 0) is 23.6 Å². The fraction of sp³-hybridized carbons (Fsp3) is 0.400. The Morgan fingerprint density at radius 2 is 2.00 bits per heavy atom. The molecule has 1 atom stereocenters. The molecule has 0 bridgehead atoms. The lowest BCUT2D eigenvalue weighted by Gasteiger charge is -2.10. The zero-order chi connectivity index (χ0) is 13.7. The summed E-state index contributed by atoms with van der Waals surface area (Å²) in [6.45, 7) is 3.49. The van der Waals surface area contributed by atoms with Gasteiger partial charge in [0.25, 0.3) is 0 Å². The van der Waals surface area contributed by atoms with Gasteiger partial charge in [0.15, 0.2) is 0 Å². The summed E-state index contributed by atoms with van der Waals surface area (Å²) in [4.78, 5) is 0. The van der Waals surface area contributed by atoms with Crippen molar-refractivity contribution in [1.82, 2.24) is 9.78 Å². The highest BCUT2D eigenvalue weighted by Crippen LogP contribution is 2.18. The van der Waals surface area contributed by atoms with Crippen LogP contribution in [-0.2, 0) is 24.3 Å². The first-order valence-electron chi connectivity index (χ1n) is 6.50. The lowest BCUT2D eigenvalue weighted by molar-refractivity contribution is 0.177. The average Bonchev–Trinajstić information content (AvgIpc) is 2.87. The second-order valence-corrected chi connectivity index (χ2v) is 4.60. The van der Waals surface area contributed by atoms with Gasteiger partial charge in [-0.3, -0.25) is 4.68 Å². The van der Waals surface area contributed by atoms with Gasteiger partial charge in [0.1, 0.15) is 0 Å². The number of ether oxygens (including phenoxy) is 1. The van der Waals surface area contributed by atoms with Gasteiger partial charge in [-0.15, -0.1) is 0 Å². The number of aromatic nitrogens is 2. The molecule has 0 saturated carbocycles. The number of benzene rings is 1. The summed E-state index contributed by atoms with van der Waals surface area (Å²) in [5.41, 5.74) is 3.08. The lowest BCUT2D eigenvalue weighted by Crippen LogP contribution is -2.01. The summed E-state index contributed by atoms with van der Waals surface area (Å²) in [6.07, 6.45) is 3.88. The highest BCUT2D eigenvalue weighted by Gasteiger charge is 2.10. The van der Waals surface area contributed by atoms with Gasteiger partial charge in [0, 0.05) is 26.3 Å². The highest BCUT2D eigenvalue weighted by molar-refractivity contribution is 5.25. The zero-order valence-corrected chi connectivity index (χ0v) is 11.4. The van der Waals surface area contributed by atoms with Crippen LogP contribution in [0.25, 0.3) is 0 Å². The van der Waals surface area contributed by atoms with Gasteiger partial charge >= 0.3 is 0 Å². The van der Waals surface area contributed by atoms with Crippen molar-refractivity contribution in [2.24, 2.45) is 0 Å². The average molecular weight is 260 g/mol. The normalized spacial score (nSPS) is 12.6. The molecular weight excluding hydrogens is 240 g/mol. The van der Waals surface area contributed by atoms with Crippen LogP contribution in [0.2, 0.25) is 0 Å². The molecular formula is C15H20N2O2. The molecule has 0 aliphatic carbocycles. The van der Waals surface area contributed by atoms with Crippen LogP contribution < -0.4 is 0 Å². The van der Waals surface area contributed by atoms with Crippen LogP contribution >= 0.6 is 0 Å². The van der Waals surface area contributed by atoms with E-state index in [9.17, 15) is 5.11 Å². The van der Waals surface area contributed by atoms with Crippen LogP contribution in [0.3, 0.4) is 0 Å². The molecule has 0 aliphatic rings. The first-order chi connectivity index (χ1) is 9.22. The molecule has 1 unspecified atom stereocenters. The Hall–Kier alpha value is -1.65. The number of aryl methyl sites for hydroxylation is 1. The molecule has 1 aromatic carbocycles. The van der Waals surface area contributed by atoms with E-state index < -0.39 is 6.10 Å². The lowest BCUT2D eigenvalue weighted by atomic mass is 10.0. The molecule has 0 saturated heterocycles. The Morgan fingerprint density at radius 3 is 2.58 bits per heavy atom. The highest BCUT2D eigenvalue weighted by atomic mass is 16.5. The molecule has 0 fully saturated rings. The van der Waals surface area contributed by atoms with Gasteiger partial charge < -0.3 is 9.84 Å². The molecule has 0 amide bonds. The van der Waals surface area contributed by atoms with Gasteiger partial charge in [-0.2, -0.15) is 5.10 Å². The third-order valence-corrected chi connectivity index (χ3v) is 3.12. The van der Waals surface area contributed by atoms with Gasteiger partial charge in [0.05, 0.1) is 18.9 Å². The fourth-order valence-electron chi connectivity index (χ4n) is 2.03. The minimum Gasteiger partial charge on any atom is -0.388 e. The van der Waals surface area contributed by atoms with Crippen molar-refractivity contribution in [2.75, 3.05) is 7.11 Å². The molecule has 1 aromatic heterocycles. The van der Waals surface area contributed by atoms with Gasteiger partial charge in [-0.1, -0.05) is 24.3 Å². The molecule has 4 heteroatoms. The van der Waals surface area contributed by atoms with E-state index in [1.165, 1.54) is 0 Å². The van der Waals surface area contributed by atoms with Crippen LogP contribution in [0.1, 0.15) is 29.7 Å². The molecule has 102 valence electrons. The van der Waals surface area contributed by atoms with E-state index in [-0.39, 0.29) is 0 Å². The zero-order valence-electron chi connectivity index (χ0n) is 11.4. The smallest absolute Gasteiger partial charge is 0.0831 e. The third kappa shape index (κ3) is 3.66. The van der Waals surface area contributed by atoms with Crippen molar-refractivity contribution in [2.45, 2.75) is 32.6 Å². The van der Waals surface area contributed by atoms with E-state index in [0.29, 0.717) is 13.0 Å². The Morgan fingerprint density at radius 1 is 1.26 bits per heavy atom. The molecule has 0 spiro atoms. The molecule has 2 rings (SSSR count). The van der Waals surface area contributed by atoms with Crippen molar-refractivity contribution in [3.8, 4) is 0 Å². The van der Waals surface area contributed by atoms with E-state index in [2.05, 4.69) is 5.10 Å². The van der Waals surface area contributed by atoms with Crippen LogP contribution in [0.15, 0.2) is 36.7 Å². The van der Waals surface area contributed by atoms with Crippen molar-refractivity contribution in [1.29, 1.82) is 0 Å². The summed E-state index contributed by atoms with van der Waals surface area (Å²) in [6, 6.07) is 7.86. The monoisotopic (exact) mass is 260 g/mol. The van der Waals surface area contributed by atoms with Crippen LogP contribution in [-0.4, -0.2) is 22.0 Å². The maximum Gasteiger partial charge on any atom is 0.0831 e. The van der Waals surface area contributed by atoms with E-state index in [4.69, 9.17) is 4.74 Å². The molecule has 1 N–H and O–H groups in total. The SMILES string of the molecule is CCn1cc(CC(O)c2ccc(COC)cc2)cn1. The topological polar surface area (TPSA) is 47.3 Å². The quantitative estimate of drug-likeness (QED) is 0.867. The Balaban J connectivity index is 2.00.